The van der Waals surface area contributed by atoms with E-state index in [4.69, 9.17) is 14.6 Å². The zero-order valence-electron chi connectivity index (χ0n) is 17.7. The van der Waals surface area contributed by atoms with Crippen LogP contribution in [0.4, 0.5) is 18.0 Å². The Labute approximate surface area is 178 Å². The molecule has 11 heteroatoms. The number of amides is 2. The van der Waals surface area contributed by atoms with Gasteiger partial charge in [0, 0.05) is 31.7 Å². The monoisotopic (exact) mass is 447 g/mol. The van der Waals surface area contributed by atoms with Gasteiger partial charge in [0.15, 0.2) is 6.10 Å². The summed E-state index contributed by atoms with van der Waals surface area (Å²) in [4.78, 5) is 28.6. The molecule has 31 heavy (non-hydrogen) atoms. The molecule has 1 heterocycles. The summed E-state index contributed by atoms with van der Waals surface area (Å²) < 4.78 is 49.9. The van der Waals surface area contributed by atoms with E-state index in [0.717, 1.165) is 12.8 Å². The van der Waals surface area contributed by atoms with Gasteiger partial charge in [0.1, 0.15) is 5.54 Å². The van der Waals surface area contributed by atoms with Crippen LogP contribution in [-0.4, -0.2) is 53.6 Å². The number of nitrogens with zero attached hydrogens (tertiary/aromatic N) is 1. The number of halogens is 3. The fourth-order valence-electron chi connectivity index (χ4n) is 3.19. The molecular weight excluding hydrogens is 419 g/mol. The van der Waals surface area contributed by atoms with E-state index in [9.17, 15) is 22.8 Å². The van der Waals surface area contributed by atoms with Crippen LogP contribution in [0.15, 0.2) is 12.1 Å². The highest BCUT2D eigenvalue weighted by Crippen LogP contribution is 2.45. The lowest BCUT2D eigenvalue weighted by Gasteiger charge is -2.30. The highest BCUT2D eigenvalue weighted by molar-refractivity contribution is 5.90. The number of aliphatic hydroxyl groups is 1. The van der Waals surface area contributed by atoms with E-state index in [2.05, 4.69) is 15.6 Å². The quantitative estimate of drug-likeness (QED) is 0.509. The molecule has 2 amide bonds. The first-order valence-corrected chi connectivity index (χ1v) is 10.2. The van der Waals surface area contributed by atoms with Crippen LogP contribution in [0.1, 0.15) is 57.4 Å². The number of hydrogen-bond donors (Lipinski definition) is 3. The summed E-state index contributed by atoms with van der Waals surface area (Å²) in [6.45, 7) is 2.75. The zero-order chi connectivity index (χ0) is 23.2. The van der Waals surface area contributed by atoms with Gasteiger partial charge in [0.25, 0.3) is 0 Å². The van der Waals surface area contributed by atoms with Crippen LogP contribution >= 0.6 is 0 Å². The Morgan fingerprint density at radius 2 is 1.90 bits per heavy atom. The molecule has 0 aliphatic heterocycles. The van der Waals surface area contributed by atoms with Gasteiger partial charge in [-0.2, -0.15) is 18.2 Å². The molecule has 174 valence electrons. The predicted molar refractivity (Wildman–Crippen MR) is 105 cm³/mol. The van der Waals surface area contributed by atoms with Gasteiger partial charge < -0.3 is 25.2 Å². The van der Waals surface area contributed by atoms with Crippen molar-refractivity contribution < 1.29 is 37.3 Å². The average molecular weight is 447 g/mol. The van der Waals surface area contributed by atoms with Crippen molar-refractivity contribution in [2.75, 3.05) is 13.7 Å². The van der Waals surface area contributed by atoms with Crippen LogP contribution in [-0.2, 0) is 4.79 Å². The summed E-state index contributed by atoms with van der Waals surface area (Å²) >= 11 is 0. The molecule has 1 aliphatic carbocycles. The fourth-order valence-corrected chi connectivity index (χ4v) is 3.19. The van der Waals surface area contributed by atoms with Crippen LogP contribution in [0.2, 0.25) is 0 Å². The second-order valence-electron chi connectivity index (χ2n) is 7.36. The van der Waals surface area contributed by atoms with Crippen LogP contribution in [0.3, 0.4) is 0 Å². The maximum absolute atomic E-state index is 13.2. The summed E-state index contributed by atoms with van der Waals surface area (Å²) in [5, 5.41) is 14.0. The molecule has 0 aromatic carbocycles. The first-order chi connectivity index (χ1) is 14.6. The predicted octanol–water partition coefficient (Wildman–Crippen LogP) is 3.04. The number of alkyl halides is 3. The summed E-state index contributed by atoms with van der Waals surface area (Å²) in [6, 6.07) is 2.88. The number of aliphatic hydroxyl groups excluding tert-OH is 1. The van der Waals surface area contributed by atoms with Gasteiger partial charge in [-0.3, -0.25) is 4.79 Å². The molecule has 1 atom stereocenters. The van der Waals surface area contributed by atoms with Crippen molar-refractivity contribution in [2.24, 2.45) is 0 Å². The fraction of sp³-hybridized carbons (Fsp3) is 0.650. The highest BCUT2D eigenvalue weighted by Gasteiger charge is 2.43. The van der Waals surface area contributed by atoms with Crippen LogP contribution in [0, 0.1) is 0 Å². The molecule has 1 aromatic rings. The first-order valence-electron chi connectivity index (χ1n) is 10.2. The van der Waals surface area contributed by atoms with Crippen molar-refractivity contribution in [1.82, 2.24) is 15.6 Å². The number of hydrogen-bond acceptors (Lipinski definition) is 6. The molecule has 1 aliphatic rings. The number of aromatic nitrogens is 1. The second-order valence-corrected chi connectivity index (χ2v) is 7.36. The minimum Gasteiger partial charge on any atom is -0.464 e. The standard InChI is InChI=1S/C20H28F3N3O5/c1-4-19(5-2,17(28)24-3)26-18(29)31-15-9-8-13(12-6-7-12)16(25-15)30-14(10-11-27)20(21,22)23/h8-9,12,14,27H,4-7,10-11H2,1-3H3,(H,24,28)(H,26,29)/t14-/m1/s1. The molecule has 1 saturated carbocycles. The van der Waals surface area contributed by atoms with Gasteiger partial charge in [-0.15, -0.1) is 0 Å². The van der Waals surface area contributed by atoms with E-state index < -0.39 is 42.8 Å². The highest BCUT2D eigenvalue weighted by atomic mass is 19.4. The second kappa shape index (κ2) is 10.2. The Balaban J connectivity index is 2.23. The Bertz CT molecular complexity index is 780. The normalized spacial score (nSPS) is 15.2. The summed E-state index contributed by atoms with van der Waals surface area (Å²) in [5.74, 6) is -0.922. The van der Waals surface area contributed by atoms with Gasteiger partial charge in [-0.1, -0.05) is 13.8 Å². The van der Waals surface area contributed by atoms with Gasteiger partial charge in [0.2, 0.25) is 17.7 Å². The van der Waals surface area contributed by atoms with Crippen LogP contribution < -0.4 is 20.1 Å². The first kappa shape index (κ1) is 24.7. The topological polar surface area (TPSA) is 110 Å². The van der Waals surface area contributed by atoms with Crippen LogP contribution in [0.25, 0.3) is 0 Å². The third kappa shape index (κ3) is 6.22. The number of rotatable bonds is 10. The zero-order valence-corrected chi connectivity index (χ0v) is 17.7. The van der Waals surface area contributed by atoms with Crippen molar-refractivity contribution in [2.45, 2.75) is 69.7 Å². The number of carbonyl (C=O) groups is 2. The number of likely N-dealkylation sites (N-methyl/N-ethyl adjacent to an activating group) is 1. The molecule has 0 unspecified atom stereocenters. The third-order valence-corrected chi connectivity index (χ3v) is 5.30. The molecule has 0 spiro atoms. The molecule has 1 fully saturated rings. The summed E-state index contributed by atoms with van der Waals surface area (Å²) in [6.07, 6.45) is -6.38. The van der Waals surface area contributed by atoms with Gasteiger partial charge in [0.05, 0.1) is 0 Å². The Morgan fingerprint density at radius 3 is 2.39 bits per heavy atom. The summed E-state index contributed by atoms with van der Waals surface area (Å²) in [7, 11) is 1.45. The van der Waals surface area contributed by atoms with Crippen molar-refractivity contribution in [3.05, 3.63) is 17.7 Å². The molecule has 0 bridgehead atoms. The lowest BCUT2D eigenvalue weighted by Crippen LogP contribution is -2.58. The summed E-state index contributed by atoms with van der Waals surface area (Å²) in [5.41, 5.74) is -0.705. The van der Waals surface area contributed by atoms with E-state index in [-0.39, 0.29) is 17.7 Å². The van der Waals surface area contributed by atoms with Gasteiger partial charge in [-0.25, -0.2) is 4.79 Å². The molecule has 1 aromatic heterocycles. The van der Waals surface area contributed by atoms with E-state index >= 15 is 0 Å². The number of nitrogens with one attached hydrogen (secondary N) is 2. The lowest BCUT2D eigenvalue weighted by atomic mass is 9.92. The number of pyridine rings is 1. The van der Waals surface area contributed by atoms with Crippen molar-refractivity contribution in [3.63, 3.8) is 0 Å². The molecule has 0 saturated heterocycles. The molecule has 8 nitrogen and oxygen atoms in total. The lowest BCUT2D eigenvalue weighted by molar-refractivity contribution is -0.199. The average Bonchev–Trinajstić information content (AvgIpc) is 3.56. The van der Waals surface area contributed by atoms with E-state index in [1.165, 1.54) is 19.2 Å². The minimum atomic E-state index is -4.70. The molecule has 3 N–H and O–H groups in total. The number of ether oxygens (including phenoxy) is 2. The SMILES string of the molecule is CCC(CC)(NC(=O)Oc1ccc(C2CC2)c(O[C@H](CCO)C(F)(F)F)n1)C(=O)NC. The van der Waals surface area contributed by atoms with E-state index in [1.54, 1.807) is 13.8 Å². The number of carbonyl (C=O) groups excluding carboxylic acids is 2. The largest absolute Gasteiger partial charge is 0.464 e. The maximum Gasteiger partial charge on any atom is 0.425 e. The minimum absolute atomic E-state index is 0.0227. The van der Waals surface area contributed by atoms with Crippen molar-refractivity contribution in [3.8, 4) is 11.8 Å². The Morgan fingerprint density at radius 1 is 1.26 bits per heavy atom. The van der Waals surface area contributed by atoms with Crippen LogP contribution in [0.5, 0.6) is 11.8 Å². The molecular formula is C20H28F3N3O5. The smallest absolute Gasteiger partial charge is 0.425 e. The third-order valence-electron chi connectivity index (χ3n) is 5.30. The van der Waals surface area contributed by atoms with Crippen molar-refractivity contribution in [1.29, 1.82) is 0 Å². The van der Waals surface area contributed by atoms with E-state index in [0.29, 0.717) is 18.4 Å². The Hall–Kier alpha value is -2.56. The molecule has 0 radical (unpaired) electrons. The van der Waals surface area contributed by atoms with Gasteiger partial charge >= 0.3 is 12.3 Å². The van der Waals surface area contributed by atoms with Crippen molar-refractivity contribution >= 4 is 12.0 Å². The van der Waals surface area contributed by atoms with E-state index in [1.807, 2.05) is 0 Å². The Kier molecular flexibility index (Phi) is 8.10. The van der Waals surface area contributed by atoms with Gasteiger partial charge in [-0.05, 0) is 37.7 Å². The maximum atomic E-state index is 13.2. The molecule has 2 rings (SSSR count).